The highest BCUT2D eigenvalue weighted by atomic mass is 127. The van der Waals surface area contributed by atoms with Gasteiger partial charge in [0.15, 0.2) is 5.78 Å². The normalized spacial score (nSPS) is 18.0. The molecule has 1 aromatic rings. The molecule has 0 atom stereocenters. The molecule has 80 valence electrons. The van der Waals surface area contributed by atoms with Crippen LogP contribution in [0.15, 0.2) is 12.1 Å². The van der Waals surface area contributed by atoms with Gasteiger partial charge in [-0.2, -0.15) is 0 Å². The van der Waals surface area contributed by atoms with Crippen molar-refractivity contribution in [2.75, 3.05) is 0 Å². The predicted molar refractivity (Wildman–Crippen MR) is 71.0 cm³/mol. The largest absolute Gasteiger partial charge is 0.294 e. The lowest BCUT2D eigenvalue weighted by atomic mass is 9.89. The number of carbonyl (C=O) groups excluding carboxylic acids is 1. The Bertz CT molecular complexity index is 437. The summed E-state index contributed by atoms with van der Waals surface area (Å²) in [4.78, 5) is 12.0. The van der Waals surface area contributed by atoms with Gasteiger partial charge in [0, 0.05) is 20.4 Å². The predicted octanol–water partition coefficient (Wildman–Crippen LogP) is 4.04. The van der Waals surface area contributed by atoms with Gasteiger partial charge in [-0.25, -0.2) is 0 Å². The van der Waals surface area contributed by atoms with Crippen LogP contribution in [0.2, 0.25) is 5.02 Å². The molecule has 2 rings (SSSR count). The summed E-state index contributed by atoms with van der Waals surface area (Å²) in [6.07, 6.45) is 0.768. The molecular weight excluding hydrogens is 322 g/mol. The lowest BCUT2D eigenvalue weighted by Gasteiger charge is -2.13. The van der Waals surface area contributed by atoms with E-state index in [1.54, 1.807) is 0 Å². The molecule has 0 heterocycles. The van der Waals surface area contributed by atoms with Gasteiger partial charge in [0.25, 0.3) is 0 Å². The summed E-state index contributed by atoms with van der Waals surface area (Å²) in [5, 5.41) is 0.792. The minimum atomic E-state index is -0.282. The fourth-order valence-electron chi connectivity index (χ4n) is 2.05. The van der Waals surface area contributed by atoms with Gasteiger partial charge in [-0.1, -0.05) is 60.2 Å². The first kappa shape index (κ1) is 11.4. The Kier molecular flexibility index (Phi) is 2.84. The Morgan fingerprint density at radius 3 is 2.73 bits per heavy atom. The summed E-state index contributed by atoms with van der Waals surface area (Å²) in [5.74, 6) is 0.222. The van der Waals surface area contributed by atoms with Crippen molar-refractivity contribution >= 4 is 40.0 Å². The first-order valence-electron chi connectivity index (χ1n) is 4.88. The van der Waals surface area contributed by atoms with Gasteiger partial charge in [0.1, 0.15) is 0 Å². The zero-order valence-corrected chi connectivity index (χ0v) is 11.6. The smallest absolute Gasteiger partial charge is 0.169 e. The van der Waals surface area contributed by atoms with Crippen molar-refractivity contribution < 1.29 is 4.79 Å². The van der Waals surface area contributed by atoms with Crippen LogP contribution in [0, 0.1) is 5.41 Å². The minimum Gasteiger partial charge on any atom is -0.294 e. The molecule has 0 aliphatic heterocycles. The van der Waals surface area contributed by atoms with Crippen LogP contribution in [0.5, 0.6) is 0 Å². The van der Waals surface area contributed by atoms with Gasteiger partial charge in [-0.3, -0.25) is 4.79 Å². The van der Waals surface area contributed by atoms with E-state index in [4.69, 9.17) is 11.6 Å². The maximum atomic E-state index is 12.0. The Balaban J connectivity index is 2.60. The number of ketones is 1. The van der Waals surface area contributed by atoms with Crippen molar-refractivity contribution in [2.24, 2.45) is 5.41 Å². The number of hydrogen-bond acceptors (Lipinski definition) is 1. The number of hydrogen-bond donors (Lipinski definition) is 0. The Morgan fingerprint density at radius 2 is 2.13 bits per heavy atom. The molecule has 0 radical (unpaired) electrons. The van der Waals surface area contributed by atoms with Crippen molar-refractivity contribution in [3.63, 3.8) is 0 Å². The standard InChI is InChI=1S/C12H12ClIO/c1-12(2)5-9-8(11(12)15)4-3-7(6-14)10(9)13/h3-4H,5-6H2,1-2H3. The first-order chi connectivity index (χ1) is 6.97. The summed E-state index contributed by atoms with van der Waals surface area (Å²) >= 11 is 8.58. The Hall–Kier alpha value is -0.0900. The third-order valence-corrected chi connectivity index (χ3v) is 4.24. The van der Waals surface area contributed by atoms with Gasteiger partial charge in [0.2, 0.25) is 0 Å². The third-order valence-electron chi connectivity index (χ3n) is 2.95. The van der Waals surface area contributed by atoms with Gasteiger partial charge >= 0.3 is 0 Å². The molecule has 1 nitrogen and oxygen atoms in total. The Morgan fingerprint density at radius 1 is 1.47 bits per heavy atom. The highest BCUT2D eigenvalue weighted by molar-refractivity contribution is 14.1. The molecule has 1 aliphatic rings. The minimum absolute atomic E-state index is 0.222. The maximum absolute atomic E-state index is 12.0. The van der Waals surface area contributed by atoms with Crippen LogP contribution in [-0.2, 0) is 10.8 Å². The number of fused-ring (bicyclic) bond motifs is 1. The van der Waals surface area contributed by atoms with Gasteiger partial charge < -0.3 is 0 Å². The van der Waals surface area contributed by atoms with Crippen LogP contribution in [0.1, 0.15) is 35.3 Å². The molecule has 0 unspecified atom stereocenters. The molecule has 0 saturated carbocycles. The van der Waals surface area contributed by atoms with E-state index in [1.807, 2.05) is 26.0 Å². The van der Waals surface area contributed by atoms with Crippen LogP contribution in [0.3, 0.4) is 0 Å². The lowest BCUT2D eigenvalue weighted by molar-refractivity contribution is 0.0863. The first-order valence-corrected chi connectivity index (χ1v) is 6.79. The quantitative estimate of drug-likeness (QED) is 0.559. The number of rotatable bonds is 1. The number of alkyl halides is 1. The second-order valence-corrected chi connectivity index (χ2v) is 5.73. The van der Waals surface area contributed by atoms with Crippen molar-refractivity contribution in [1.29, 1.82) is 0 Å². The van der Waals surface area contributed by atoms with Crippen molar-refractivity contribution in [2.45, 2.75) is 24.7 Å². The van der Waals surface area contributed by atoms with E-state index < -0.39 is 0 Å². The van der Waals surface area contributed by atoms with Crippen molar-refractivity contribution in [1.82, 2.24) is 0 Å². The van der Waals surface area contributed by atoms with Crippen molar-refractivity contribution in [3.05, 3.63) is 33.8 Å². The fraction of sp³-hybridized carbons (Fsp3) is 0.417. The van der Waals surface area contributed by atoms with Crippen LogP contribution in [0.4, 0.5) is 0 Å². The summed E-state index contributed by atoms with van der Waals surface area (Å²) < 4.78 is 0.887. The summed E-state index contributed by atoms with van der Waals surface area (Å²) in [5.41, 5.74) is 2.71. The van der Waals surface area contributed by atoms with Crippen LogP contribution in [0.25, 0.3) is 0 Å². The van der Waals surface area contributed by atoms with Gasteiger partial charge in [-0.05, 0) is 17.5 Å². The van der Waals surface area contributed by atoms with E-state index in [9.17, 15) is 4.79 Å². The van der Waals surface area contributed by atoms with Gasteiger partial charge in [-0.15, -0.1) is 0 Å². The molecule has 0 amide bonds. The second-order valence-electron chi connectivity index (χ2n) is 4.59. The number of halogens is 2. The molecule has 0 fully saturated rings. The van der Waals surface area contributed by atoms with Crippen molar-refractivity contribution in [3.8, 4) is 0 Å². The topological polar surface area (TPSA) is 17.1 Å². The highest BCUT2D eigenvalue weighted by Crippen LogP contribution is 2.41. The average Bonchev–Trinajstić information content (AvgIpc) is 2.41. The number of carbonyl (C=O) groups is 1. The molecule has 15 heavy (non-hydrogen) atoms. The SMILES string of the molecule is CC1(C)Cc2c(ccc(CI)c2Cl)C1=O. The van der Waals surface area contributed by atoms with E-state index in [-0.39, 0.29) is 11.2 Å². The zero-order valence-electron chi connectivity index (χ0n) is 8.73. The summed E-state index contributed by atoms with van der Waals surface area (Å²) in [6.45, 7) is 3.96. The molecule has 1 aromatic carbocycles. The molecule has 0 spiro atoms. The van der Waals surface area contributed by atoms with Crippen LogP contribution in [-0.4, -0.2) is 5.78 Å². The Labute approximate surface area is 108 Å². The van der Waals surface area contributed by atoms with Crippen LogP contribution >= 0.6 is 34.2 Å². The van der Waals surface area contributed by atoms with E-state index in [1.165, 1.54) is 0 Å². The molecular formula is C12H12ClIO. The second kappa shape index (κ2) is 3.74. The fourth-order valence-corrected chi connectivity index (χ4v) is 3.20. The molecule has 0 saturated heterocycles. The molecule has 3 heteroatoms. The van der Waals surface area contributed by atoms with E-state index in [0.29, 0.717) is 0 Å². The highest BCUT2D eigenvalue weighted by Gasteiger charge is 2.38. The maximum Gasteiger partial charge on any atom is 0.169 e. The summed E-state index contributed by atoms with van der Waals surface area (Å²) in [6, 6.07) is 3.89. The van der Waals surface area contributed by atoms with E-state index >= 15 is 0 Å². The number of benzene rings is 1. The third kappa shape index (κ3) is 1.72. The zero-order chi connectivity index (χ0) is 11.2. The lowest BCUT2D eigenvalue weighted by Crippen LogP contribution is -2.18. The number of Topliss-reactive ketones (excluding diaryl/α,β-unsaturated/α-hetero) is 1. The molecule has 0 N–H and O–H groups in total. The molecule has 1 aliphatic carbocycles. The van der Waals surface area contributed by atoms with Crippen LogP contribution < -0.4 is 0 Å². The average molecular weight is 335 g/mol. The summed E-state index contributed by atoms with van der Waals surface area (Å²) in [7, 11) is 0. The molecule has 0 bridgehead atoms. The monoisotopic (exact) mass is 334 g/mol. The molecule has 0 aromatic heterocycles. The van der Waals surface area contributed by atoms with E-state index in [0.717, 1.165) is 32.6 Å². The van der Waals surface area contributed by atoms with Gasteiger partial charge in [0.05, 0.1) is 0 Å². The van der Waals surface area contributed by atoms with E-state index in [2.05, 4.69) is 22.6 Å².